The molecule has 2 unspecified atom stereocenters. The molecule has 13 heteroatoms. The van der Waals surface area contributed by atoms with Crippen LogP contribution in [0.2, 0.25) is 0 Å². The maximum Gasteiger partial charge on any atom is 0.351 e. The molecule has 0 aliphatic carbocycles. The van der Waals surface area contributed by atoms with Gasteiger partial charge in [-0.2, -0.15) is 4.98 Å². The van der Waals surface area contributed by atoms with E-state index in [1.54, 1.807) is 13.8 Å². The Morgan fingerprint density at radius 3 is 2.89 bits per heavy atom. The Bertz CT molecular complexity index is 811. The fraction of sp³-hybridized carbons (Fsp3) is 0.643. The number of hydrogen-bond donors (Lipinski definition) is 3. The van der Waals surface area contributed by atoms with Gasteiger partial charge in [0.15, 0.2) is 12.4 Å². The van der Waals surface area contributed by atoms with E-state index in [4.69, 9.17) is 26.5 Å². The molecule has 0 spiro atoms. The van der Waals surface area contributed by atoms with E-state index in [1.165, 1.54) is 6.07 Å². The van der Waals surface area contributed by atoms with Gasteiger partial charge in [-0.3, -0.25) is 9.36 Å². The van der Waals surface area contributed by atoms with Crippen molar-refractivity contribution in [2.75, 3.05) is 12.3 Å². The van der Waals surface area contributed by atoms with Crippen LogP contribution in [0.1, 0.15) is 20.1 Å². The van der Waals surface area contributed by atoms with Gasteiger partial charge >= 0.3 is 11.7 Å². The van der Waals surface area contributed by atoms with Gasteiger partial charge < -0.3 is 26.0 Å². The summed E-state index contributed by atoms with van der Waals surface area (Å²) in [6, 6.07) is 0.242. The van der Waals surface area contributed by atoms with E-state index in [0.29, 0.717) is 0 Å². The van der Waals surface area contributed by atoms with Crippen LogP contribution in [-0.2, 0) is 14.3 Å². The number of esters is 1. The molecule has 0 saturated carbocycles. The van der Waals surface area contributed by atoms with Crippen LogP contribution in [0.15, 0.2) is 22.2 Å². The van der Waals surface area contributed by atoms with Gasteiger partial charge in [0, 0.05) is 11.1 Å². The Morgan fingerprint density at radius 1 is 1.67 bits per heavy atom. The normalized spacial score (nSPS) is 28.6. The first-order valence-corrected chi connectivity index (χ1v) is 7.96. The fourth-order valence-electron chi connectivity index (χ4n) is 2.43. The number of aliphatic hydroxyl groups excluding tert-OH is 1. The molecule has 1 saturated heterocycles. The predicted molar refractivity (Wildman–Crippen MR) is 89.6 cm³/mol. The summed E-state index contributed by atoms with van der Waals surface area (Å²) in [5, 5.41) is 13.5. The highest BCUT2D eigenvalue weighted by Crippen LogP contribution is 2.40. The van der Waals surface area contributed by atoms with Crippen LogP contribution in [0.4, 0.5) is 10.2 Å². The summed E-state index contributed by atoms with van der Waals surface area (Å²) in [5.74, 6) is -1.19. The number of halogens is 1. The van der Waals surface area contributed by atoms with Crippen LogP contribution in [0.3, 0.4) is 0 Å². The number of azide groups is 1. The second-order valence-electron chi connectivity index (χ2n) is 6.35. The van der Waals surface area contributed by atoms with Crippen LogP contribution in [0.25, 0.3) is 10.4 Å². The average molecular weight is 385 g/mol. The Kier molecular flexibility index (Phi) is 6.01. The number of carbonyl (C=O) groups is 1. The van der Waals surface area contributed by atoms with Crippen molar-refractivity contribution in [1.82, 2.24) is 9.55 Å². The third-order valence-electron chi connectivity index (χ3n) is 4.11. The highest BCUT2D eigenvalue weighted by atomic mass is 19.1. The number of alkyl halides is 1. The van der Waals surface area contributed by atoms with Gasteiger partial charge in [-0.05, 0) is 17.5 Å². The average Bonchev–Trinajstić information content (AvgIpc) is 2.85. The smallest absolute Gasteiger partial charge is 0.351 e. The van der Waals surface area contributed by atoms with E-state index < -0.39 is 48.5 Å². The van der Waals surface area contributed by atoms with E-state index in [2.05, 4.69) is 15.0 Å². The first kappa shape index (κ1) is 20.6. The Labute approximate surface area is 152 Å². The van der Waals surface area contributed by atoms with Crippen molar-refractivity contribution < 1.29 is 23.8 Å². The number of anilines is 1. The number of carbonyl (C=O) groups excluding carboxylic acids is 1. The molecule has 148 valence electrons. The SMILES string of the molecule is CC(C)C(N)C(=O)OC[C@@]1(N=[N+]=[N-])OC(n2ccc(N)nc2=O)[C@H](F)[C@@H]1O. The van der Waals surface area contributed by atoms with Crippen molar-refractivity contribution in [2.45, 2.75) is 44.1 Å². The van der Waals surface area contributed by atoms with E-state index in [9.17, 15) is 19.1 Å². The van der Waals surface area contributed by atoms with Crippen LogP contribution in [0, 0.1) is 5.92 Å². The zero-order valence-corrected chi connectivity index (χ0v) is 14.6. The summed E-state index contributed by atoms with van der Waals surface area (Å²) in [7, 11) is 0. The molecular weight excluding hydrogens is 365 g/mol. The number of aliphatic hydroxyl groups is 1. The molecule has 1 aliphatic heterocycles. The topological polar surface area (TPSA) is 191 Å². The summed E-state index contributed by atoms with van der Waals surface area (Å²) in [6.07, 6.45) is -4.77. The molecule has 2 rings (SSSR count). The van der Waals surface area contributed by atoms with Gasteiger partial charge in [-0.25, -0.2) is 9.18 Å². The van der Waals surface area contributed by atoms with E-state index in [0.717, 1.165) is 10.8 Å². The summed E-state index contributed by atoms with van der Waals surface area (Å²) in [5.41, 5.74) is 16.6. The lowest BCUT2D eigenvalue weighted by molar-refractivity contribution is -0.167. The largest absolute Gasteiger partial charge is 0.461 e. The zero-order chi connectivity index (χ0) is 20.4. The van der Waals surface area contributed by atoms with E-state index in [1.807, 2.05) is 0 Å². The first-order valence-electron chi connectivity index (χ1n) is 7.96. The Hall–Kier alpha value is -2.73. The lowest BCUT2D eigenvalue weighted by Crippen LogP contribution is -2.47. The standard InChI is InChI=1S/C14H20FN7O5/c1-6(2)9(17)12(24)26-5-14(20-21-18)10(23)8(15)11(27-14)22-4-3-7(16)19-13(22)25/h3-4,6,8-11,23H,5,17H2,1-2H3,(H2,16,19,25)/t8-,9?,10+,11?,14-/m1/s1. The van der Waals surface area contributed by atoms with Crippen LogP contribution in [-0.4, -0.2) is 51.3 Å². The number of nitrogens with zero attached hydrogens (tertiary/aromatic N) is 5. The second-order valence-corrected chi connectivity index (χ2v) is 6.35. The Balaban J connectivity index is 2.30. The minimum atomic E-state index is -2.29. The maximum absolute atomic E-state index is 14.6. The van der Waals surface area contributed by atoms with Gasteiger partial charge in [-0.1, -0.05) is 19.0 Å². The molecule has 1 aromatic rings. The summed E-state index contributed by atoms with van der Waals surface area (Å²) in [6.45, 7) is 2.57. The van der Waals surface area contributed by atoms with E-state index >= 15 is 0 Å². The van der Waals surface area contributed by atoms with Gasteiger partial charge in [0.25, 0.3) is 0 Å². The monoisotopic (exact) mass is 385 g/mol. The highest BCUT2D eigenvalue weighted by Gasteiger charge is 2.57. The van der Waals surface area contributed by atoms with Gasteiger partial charge in [0.05, 0.1) is 0 Å². The quantitative estimate of drug-likeness (QED) is 0.254. The summed E-state index contributed by atoms with van der Waals surface area (Å²) < 4.78 is 25.7. The van der Waals surface area contributed by atoms with Crippen LogP contribution in [0.5, 0.6) is 0 Å². The van der Waals surface area contributed by atoms with Gasteiger partial charge in [0.1, 0.15) is 24.6 Å². The predicted octanol–water partition coefficient (Wildman–Crippen LogP) is -0.414. The molecule has 1 aromatic heterocycles. The molecule has 0 bridgehead atoms. The molecule has 5 atom stereocenters. The molecule has 12 nitrogen and oxygen atoms in total. The molecule has 2 heterocycles. The van der Waals surface area contributed by atoms with Crippen molar-refractivity contribution in [3.8, 4) is 0 Å². The summed E-state index contributed by atoms with van der Waals surface area (Å²) in [4.78, 5) is 29.8. The van der Waals surface area contributed by atoms with Gasteiger partial charge in [-0.15, -0.1) is 0 Å². The van der Waals surface area contributed by atoms with Crippen LogP contribution >= 0.6 is 0 Å². The zero-order valence-electron chi connectivity index (χ0n) is 14.6. The highest BCUT2D eigenvalue weighted by molar-refractivity contribution is 5.75. The summed E-state index contributed by atoms with van der Waals surface area (Å²) >= 11 is 0. The van der Waals surface area contributed by atoms with E-state index in [-0.39, 0.29) is 11.7 Å². The number of ether oxygens (including phenoxy) is 2. The lowest BCUT2D eigenvalue weighted by atomic mass is 10.1. The van der Waals surface area contributed by atoms with Crippen LogP contribution < -0.4 is 17.2 Å². The molecule has 0 aromatic carbocycles. The molecule has 1 fully saturated rings. The number of nitrogens with two attached hydrogens (primary N) is 2. The fourth-order valence-corrected chi connectivity index (χ4v) is 2.43. The van der Waals surface area contributed by atoms with Crippen molar-refractivity contribution in [3.05, 3.63) is 33.2 Å². The Morgan fingerprint density at radius 2 is 2.33 bits per heavy atom. The minimum absolute atomic E-state index is 0.0943. The third-order valence-corrected chi connectivity index (χ3v) is 4.11. The molecule has 0 radical (unpaired) electrons. The molecule has 1 aliphatic rings. The minimum Gasteiger partial charge on any atom is -0.461 e. The number of aromatic nitrogens is 2. The number of hydrogen-bond acceptors (Lipinski definition) is 9. The second kappa shape index (κ2) is 7.88. The van der Waals surface area contributed by atoms with Gasteiger partial charge in [0.2, 0.25) is 5.72 Å². The molecule has 5 N–H and O–H groups in total. The number of nitrogen functional groups attached to an aromatic ring is 1. The molecule has 0 amide bonds. The van der Waals surface area contributed by atoms with Crippen molar-refractivity contribution in [1.29, 1.82) is 0 Å². The number of rotatable bonds is 6. The van der Waals surface area contributed by atoms with Crippen molar-refractivity contribution in [3.63, 3.8) is 0 Å². The molecule has 27 heavy (non-hydrogen) atoms. The van der Waals surface area contributed by atoms with Crippen molar-refractivity contribution >= 4 is 11.8 Å². The lowest BCUT2D eigenvalue weighted by Gasteiger charge is -2.27. The molecular formula is C14H20FN7O5. The third kappa shape index (κ3) is 4.01. The maximum atomic E-state index is 14.6. The van der Waals surface area contributed by atoms with Crippen molar-refractivity contribution in [2.24, 2.45) is 16.8 Å². The first-order chi connectivity index (χ1) is 12.6.